The van der Waals surface area contributed by atoms with Gasteiger partial charge in [-0.25, -0.2) is 0 Å². The predicted molar refractivity (Wildman–Crippen MR) is 101 cm³/mol. The first-order valence-electron chi connectivity index (χ1n) is 9.08. The molecule has 1 fully saturated rings. The van der Waals surface area contributed by atoms with Gasteiger partial charge < -0.3 is 19.7 Å². The molecule has 1 N–H and O–H groups in total. The summed E-state index contributed by atoms with van der Waals surface area (Å²) < 4.78 is 11.3. The van der Waals surface area contributed by atoms with Gasteiger partial charge in [-0.05, 0) is 36.6 Å². The zero-order chi connectivity index (χ0) is 18.9. The summed E-state index contributed by atoms with van der Waals surface area (Å²) in [7, 11) is 1.74. The lowest BCUT2D eigenvalue weighted by atomic mass is 9.84. The van der Waals surface area contributed by atoms with E-state index in [4.69, 9.17) is 9.47 Å². The van der Waals surface area contributed by atoms with Crippen LogP contribution in [0.3, 0.4) is 0 Å². The second-order valence-electron chi connectivity index (χ2n) is 6.90. The fraction of sp³-hybridized carbons (Fsp3) is 0.333. The number of carbonyl (C=O) groups is 2. The third-order valence-electron chi connectivity index (χ3n) is 5.41. The van der Waals surface area contributed by atoms with E-state index in [0.717, 1.165) is 18.4 Å². The summed E-state index contributed by atoms with van der Waals surface area (Å²) in [6, 6.07) is 15.3. The summed E-state index contributed by atoms with van der Waals surface area (Å²) in [6.45, 7) is 1.22. The largest absolute Gasteiger partial charge is 0.482 e. The zero-order valence-corrected chi connectivity index (χ0v) is 15.2. The van der Waals surface area contributed by atoms with Gasteiger partial charge in [0.05, 0.1) is 11.3 Å². The Hall–Kier alpha value is -2.86. The van der Waals surface area contributed by atoms with E-state index in [9.17, 15) is 9.59 Å². The summed E-state index contributed by atoms with van der Waals surface area (Å²) in [4.78, 5) is 26.2. The summed E-state index contributed by atoms with van der Waals surface area (Å²) in [5.41, 5.74) is 1.97. The van der Waals surface area contributed by atoms with Crippen LogP contribution in [-0.2, 0) is 15.1 Å². The predicted octanol–water partition coefficient (Wildman–Crippen LogP) is 2.80. The smallest absolute Gasteiger partial charge is 0.262 e. The van der Waals surface area contributed by atoms with Crippen LogP contribution in [0.4, 0.5) is 5.69 Å². The number of carbonyl (C=O) groups excluding carboxylic acids is 2. The number of methoxy groups -OCH3 is 1. The van der Waals surface area contributed by atoms with Crippen LogP contribution in [0.25, 0.3) is 0 Å². The molecule has 0 radical (unpaired) electrons. The van der Waals surface area contributed by atoms with Gasteiger partial charge in [0, 0.05) is 25.8 Å². The Morgan fingerprint density at radius 3 is 2.59 bits per heavy atom. The molecule has 2 amide bonds. The van der Waals surface area contributed by atoms with Gasteiger partial charge >= 0.3 is 0 Å². The highest BCUT2D eigenvalue weighted by Gasteiger charge is 2.37. The number of likely N-dealkylation sites (tertiary alicyclic amines) is 1. The van der Waals surface area contributed by atoms with Crippen molar-refractivity contribution in [1.29, 1.82) is 0 Å². The molecule has 2 aliphatic heterocycles. The quantitative estimate of drug-likeness (QED) is 0.907. The molecule has 0 unspecified atom stereocenters. The number of amides is 2. The average Bonchev–Trinajstić information content (AvgIpc) is 2.73. The summed E-state index contributed by atoms with van der Waals surface area (Å²) in [6.07, 6.45) is 1.49. The molecule has 0 aliphatic carbocycles. The van der Waals surface area contributed by atoms with E-state index in [2.05, 4.69) is 17.4 Å². The summed E-state index contributed by atoms with van der Waals surface area (Å²) in [5.74, 6) is 0.318. The van der Waals surface area contributed by atoms with E-state index in [1.807, 2.05) is 23.1 Å². The standard InChI is InChI=1S/C21H22N2O4/c1-26-21(16-5-3-2-4-6-16)9-11-23(12-10-21)20(25)15-7-8-17-18(13-15)27-14-19(24)22-17/h2-8,13H,9-12,14H2,1H3,(H,22,24). The van der Waals surface area contributed by atoms with Gasteiger partial charge in [0.2, 0.25) is 0 Å². The Kier molecular flexibility index (Phi) is 4.58. The molecule has 0 bridgehead atoms. The minimum atomic E-state index is -0.346. The summed E-state index contributed by atoms with van der Waals surface area (Å²) in [5, 5.41) is 2.74. The lowest BCUT2D eigenvalue weighted by Gasteiger charge is -2.41. The van der Waals surface area contributed by atoms with Crippen molar-refractivity contribution in [2.45, 2.75) is 18.4 Å². The lowest BCUT2D eigenvalue weighted by molar-refractivity contribution is -0.118. The number of rotatable bonds is 3. The van der Waals surface area contributed by atoms with E-state index in [-0.39, 0.29) is 24.0 Å². The molecule has 0 saturated carbocycles. The zero-order valence-electron chi connectivity index (χ0n) is 15.2. The molecular formula is C21H22N2O4. The first kappa shape index (κ1) is 17.5. The van der Waals surface area contributed by atoms with E-state index in [1.165, 1.54) is 0 Å². The number of benzene rings is 2. The van der Waals surface area contributed by atoms with Gasteiger partial charge in [-0.1, -0.05) is 30.3 Å². The second kappa shape index (κ2) is 7.04. The maximum atomic E-state index is 12.9. The summed E-state index contributed by atoms with van der Waals surface area (Å²) >= 11 is 0. The first-order valence-corrected chi connectivity index (χ1v) is 9.08. The Labute approximate surface area is 158 Å². The number of piperidine rings is 1. The third kappa shape index (κ3) is 3.28. The molecule has 6 nitrogen and oxygen atoms in total. The number of nitrogens with zero attached hydrogens (tertiary/aromatic N) is 1. The third-order valence-corrected chi connectivity index (χ3v) is 5.41. The Bertz CT molecular complexity index is 858. The monoisotopic (exact) mass is 366 g/mol. The molecule has 140 valence electrons. The van der Waals surface area contributed by atoms with Crippen molar-refractivity contribution < 1.29 is 19.1 Å². The van der Waals surface area contributed by atoms with Gasteiger partial charge in [-0.2, -0.15) is 0 Å². The Balaban J connectivity index is 1.48. The van der Waals surface area contributed by atoms with Crippen LogP contribution in [-0.4, -0.2) is 43.5 Å². The number of hydrogen-bond donors (Lipinski definition) is 1. The molecule has 2 aromatic rings. The molecule has 2 heterocycles. The fourth-order valence-electron chi connectivity index (χ4n) is 3.81. The van der Waals surface area contributed by atoms with Crippen LogP contribution in [0.2, 0.25) is 0 Å². The molecule has 27 heavy (non-hydrogen) atoms. The van der Waals surface area contributed by atoms with Crippen LogP contribution < -0.4 is 10.1 Å². The molecule has 2 aliphatic rings. The van der Waals surface area contributed by atoms with Gasteiger partial charge in [0.1, 0.15) is 5.75 Å². The minimum absolute atomic E-state index is 0.0260. The molecule has 0 atom stereocenters. The van der Waals surface area contributed by atoms with Gasteiger partial charge in [-0.3, -0.25) is 9.59 Å². The highest BCUT2D eigenvalue weighted by Crippen LogP contribution is 2.37. The van der Waals surface area contributed by atoms with Crippen LogP contribution >= 0.6 is 0 Å². The molecule has 6 heteroatoms. The highest BCUT2D eigenvalue weighted by atomic mass is 16.5. The van der Waals surface area contributed by atoms with Crippen LogP contribution in [0.1, 0.15) is 28.8 Å². The highest BCUT2D eigenvalue weighted by molar-refractivity contribution is 5.99. The van der Waals surface area contributed by atoms with Crippen molar-refractivity contribution in [3.63, 3.8) is 0 Å². The van der Waals surface area contributed by atoms with Crippen molar-refractivity contribution in [2.75, 3.05) is 32.1 Å². The number of fused-ring (bicyclic) bond motifs is 1. The van der Waals surface area contributed by atoms with Crippen molar-refractivity contribution in [3.8, 4) is 5.75 Å². The first-order chi connectivity index (χ1) is 13.1. The topological polar surface area (TPSA) is 67.9 Å². The fourth-order valence-corrected chi connectivity index (χ4v) is 3.81. The number of ether oxygens (including phenoxy) is 2. The van der Waals surface area contributed by atoms with Crippen molar-refractivity contribution in [2.24, 2.45) is 0 Å². The molecule has 0 spiro atoms. The van der Waals surface area contributed by atoms with Crippen LogP contribution in [0, 0.1) is 0 Å². The van der Waals surface area contributed by atoms with Crippen LogP contribution in [0.5, 0.6) is 5.75 Å². The van der Waals surface area contributed by atoms with E-state index in [1.54, 1.807) is 25.3 Å². The van der Waals surface area contributed by atoms with Gasteiger partial charge in [0.15, 0.2) is 6.61 Å². The number of hydrogen-bond acceptors (Lipinski definition) is 4. The SMILES string of the molecule is COC1(c2ccccc2)CCN(C(=O)c2ccc3c(c2)OCC(=O)N3)CC1. The van der Waals surface area contributed by atoms with Crippen molar-refractivity contribution in [1.82, 2.24) is 4.90 Å². The second-order valence-corrected chi connectivity index (χ2v) is 6.90. The van der Waals surface area contributed by atoms with Gasteiger partial charge in [0.25, 0.3) is 11.8 Å². The molecule has 0 aromatic heterocycles. The Morgan fingerprint density at radius 2 is 1.89 bits per heavy atom. The average molecular weight is 366 g/mol. The number of anilines is 1. The van der Waals surface area contributed by atoms with Gasteiger partial charge in [-0.15, -0.1) is 0 Å². The van der Waals surface area contributed by atoms with E-state index >= 15 is 0 Å². The lowest BCUT2D eigenvalue weighted by Crippen LogP contribution is -2.46. The number of nitrogens with one attached hydrogen (secondary N) is 1. The van der Waals surface area contributed by atoms with E-state index in [0.29, 0.717) is 30.1 Å². The van der Waals surface area contributed by atoms with Crippen LogP contribution in [0.15, 0.2) is 48.5 Å². The Morgan fingerprint density at radius 1 is 1.15 bits per heavy atom. The molecule has 2 aromatic carbocycles. The molecular weight excluding hydrogens is 344 g/mol. The normalized spacial score (nSPS) is 18.3. The molecule has 1 saturated heterocycles. The van der Waals surface area contributed by atoms with E-state index < -0.39 is 0 Å². The van der Waals surface area contributed by atoms with Crippen molar-refractivity contribution in [3.05, 3.63) is 59.7 Å². The minimum Gasteiger partial charge on any atom is -0.482 e. The molecule has 4 rings (SSSR count). The maximum Gasteiger partial charge on any atom is 0.262 e. The maximum absolute atomic E-state index is 12.9. The van der Waals surface area contributed by atoms with Crippen molar-refractivity contribution >= 4 is 17.5 Å².